The van der Waals surface area contributed by atoms with Crippen LogP contribution in [0.15, 0.2) is 103 Å². The highest BCUT2D eigenvalue weighted by Gasteiger charge is 2.46. The molecule has 0 N–H and O–H groups in total. The number of alkyl halides is 1. The molecule has 39 heavy (non-hydrogen) atoms. The van der Waals surface area contributed by atoms with Gasteiger partial charge in [0.1, 0.15) is 35.1 Å². The average Bonchev–Trinajstić information content (AvgIpc) is 3.55. The van der Waals surface area contributed by atoms with E-state index in [4.69, 9.17) is 30.5 Å². The zero-order valence-corrected chi connectivity index (χ0v) is 22.6. The van der Waals surface area contributed by atoms with E-state index in [1.165, 1.54) is 17.7 Å². The lowest BCUT2D eigenvalue weighted by atomic mass is 10.1. The van der Waals surface area contributed by atoms with Crippen molar-refractivity contribution in [3.8, 4) is 11.6 Å². The number of nitrogens with zero attached hydrogens (tertiary/aromatic N) is 2. The molecule has 0 amide bonds. The second-order valence-electron chi connectivity index (χ2n) is 9.26. The van der Waals surface area contributed by atoms with E-state index in [2.05, 4.69) is 9.97 Å². The molecule has 198 valence electrons. The predicted molar refractivity (Wildman–Crippen MR) is 152 cm³/mol. The summed E-state index contributed by atoms with van der Waals surface area (Å²) in [5, 5.41) is 1.59. The van der Waals surface area contributed by atoms with Crippen LogP contribution in [-0.2, 0) is 27.4 Å². The van der Waals surface area contributed by atoms with Crippen molar-refractivity contribution in [2.45, 2.75) is 36.9 Å². The first-order valence-corrected chi connectivity index (χ1v) is 14.1. The number of rotatable bonds is 10. The minimum Gasteiger partial charge on any atom is -0.437 e. The standard InChI is InChI=1S/C31H27ClN2O4S/c32-26-28(24-19-39-30-27(24)33-20-34-31(30)37-23-14-8-3-9-15-23)38-25(18-35-16-21-10-4-1-5-11-21)29(26)36-17-22-12-6-2-7-13-22/h1-15,19-20,25-26,28-29H,16-18H2/t25-,26+,28?,29-/m1/s1. The van der Waals surface area contributed by atoms with Gasteiger partial charge in [-0.05, 0) is 28.6 Å². The van der Waals surface area contributed by atoms with Crippen molar-refractivity contribution in [3.63, 3.8) is 0 Å². The van der Waals surface area contributed by atoms with E-state index >= 15 is 0 Å². The van der Waals surface area contributed by atoms with Crippen LogP contribution in [0.2, 0.25) is 0 Å². The molecule has 6 nitrogen and oxygen atoms in total. The Bertz CT molecular complexity index is 1490. The quantitative estimate of drug-likeness (QED) is 0.167. The summed E-state index contributed by atoms with van der Waals surface area (Å²) in [5.41, 5.74) is 3.84. The monoisotopic (exact) mass is 558 g/mol. The fraction of sp³-hybridized carbons (Fsp3) is 0.226. The topological polar surface area (TPSA) is 62.7 Å². The molecule has 3 heterocycles. The summed E-state index contributed by atoms with van der Waals surface area (Å²) < 4.78 is 25.9. The van der Waals surface area contributed by atoms with E-state index in [0.717, 1.165) is 26.9 Å². The van der Waals surface area contributed by atoms with Crippen LogP contribution in [0.25, 0.3) is 10.2 Å². The molecule has 2 aromatic heterocycles. The average molecular weight is 559 g/mol. The zero-order valence-electron chi connectivity index (χ0n) is 21.1. The van der Waals surface area contributed by atoms with Gasteiger partial charge in [0.25, 0.3) is 0 Å². The Balaban J connectivity index is 1.23. The summed E-state index contributed by atoms with van der Waals surface area (Å²) in [7, 11) is 0. The van der Waals surface area contributed by atoms with E-state index in [1.54, 1.807) is 0 Å². The lowest BCUT2D eigenvalue weighted by Crippen LogP contribution is -2.33. The maximum absolute atomic E-state index is 7.09. The molecule has 5 aromatic rings. The molecule has 0 aliphatic carbocycles. The van der Waals surface area contributed by atoms with Crippen LogP contribution in [0, 0.1) is 0 Å². The Morgan fingerprint density at radius 3 is 2.21 bits per heavy atom. The van der Waals surface area contributed by atoms with Gasteiger partial charge in [-0.15, -0.1) is 22.9 Å². The molecule has 1 aliphatic rings. The number of aromatic nitrogens is 2. The molecule has 0 spiro atoms. The summed E-state index contributed by atoms with van der Waals surface area (Å²) in [5.74, 6) is 1.22. The summed E-state index contributed by atoms with van der Waals surface area (Å²) in [4.78, 5) is 8.96. The fourth-order valence-electron chi connectivity index (χ4n) is 4.65. The third-order valence-electron chi connectivity index (χ3n) is 6.58. The molecule has 1 aliphatic heterocycles. The van der Waals surface area contributed by atoms with Crippen LogP contribution in [-0.4, -0.2) is 34.2 Å². The molecule has 4 atom stereocenters. The Kier molecular flexibility index (Phi) is 8.13. The van der Waals surface area contributed by atoms with E-state index in [0.29, 0.717) is 31.5 Å². The van der Waals surface area contributed by atoms with Crippen molar-refractivity contribution in [2.75, 3.05) is 6.61 Å². The van der Waals surface area contributed by atoms with Gasteiger partial charge in [0.15, 0.2) is 0 Å². The summed E-state index contributed by atoms with van der Waals surface area (Å²) in [6.45, 7) is 1.27. The van der Waals surface area contributed by atoms with Crippen molar-refractivity contribution >= 4 is 33.2 Å². The van der Waals surface area contributed by atoms with Crippen LogP contribution in [0.5, 0.6) is 11.6 Å². The predicted octanol–water partition coefficient (Wildman–Crippen LogP) is 7.33. The van der Waals surface area contributed by atoms with Gasteiger partial charge in [0, 0.05) is 5.56 Å². The fourth-order valence-corrected chi connectivity index (χ4v) is 6.05. The molecule has 1 saturated heterocycles. The van der Waals surface area contributed by atoms with Crippen LogP contribution >= 0.6 is 22.9 Å². The van der Waals surface area contributed by atoms with E-state index in [-0.39, 0.29) is 12.2 Å². The zero-order chi connectivity index (χ0) is 26.4. The molecule has 6 rings (SSSR count). The van der Waals surface area contributed by atoms with Gasteiger partial charge in [0.2, 0.25) is 5.88 Å². The van der Waals surface area contributed by atoms with Gasteiger partial charge in [-0.1, -0.05) is 78.9 Å². The number of thiophene rings is 1. The van der Waals surface area contributed by atoms with Crippen molar-refractivity contribution in [1.29, 1.82) is 0 Å². The van der Waals surface area contributed by atoms with Crippen LogP contribution in [0.4, 0.5) is 0 Å². The normalized spacial score (nSPS) is 20.8. The molecular weight excluding hydrogens is 532 g/mol. The molecule has 0 saturated carbocycles. The Morgan fingerprint density at radius 1 is 0.821 bits per heavy atom. The highest BCUT2D eigenvalue weighted by Crippen LogP contribution is 2.44. The molecule has 0 radical (unpaired) electrons. The lowest BCUT2D eigenvalue weighted by molar-refractivity contribution is -0.0713. The van der Waals surface area contributed by atoms with Gasteiger partial charge in [-0.3, -0.25) is 0 Å². The summed E-state index contributed by atoms with van der Waals surface area (Å²) in [6, 6.07) is 29.7. The number of benzene rings is 3. The minimum atomic E-state index is -0.440. The van der Waals surface area contributed by atoms with E-state index in [9.17, 15) is 0 Å². The first-order valence-electron chi connectivity index (χ1n) is 12.8. The van der Waals surface area contributed by atoms with Crippen molar-refractivity contribution in [1.82, 2.24) is 9.97 Å². The molecule has 0 bridgehead atoms. The maximum Gasteiger partial charge on any atom is 0.240 e. The van der Waals surface area contributed by atoms with Crippen LogP contribution < -0.4 is 4.74 Å². The first kappa shape index (κ1) is 25.9. The van der Waals surface area contributed by atoms with Gasteiger partial charge in [0.05, 0.1) is 30.7 Å². The largest absolute Gasteiger partial charge is 0.437 e. The van der Waals surface area contributed by atoms with Crippen molar-refractivity contribution < 1.29 is 18.9 Å². The third kappa shape index (κ3) is 5.98. The maximum atomic E-state index is 7.09. The molecule has 8 heteroatoms. The van der Waals surface area contributed by atoms with Gasteiger partial charge in [-0.25, -0.2) is 9.97 Å². The third-order valence-corrected chi connectivity index (χ3v) is 8.04. The second-order valence-corrected chi connectivity index (χ2v) is 10.6. The number of fused-ring (bicyclic) bond motifs is 1. The Morgan fingerprint density at radius 2 is 1.49 bits per heavy atom. The van der Waals surface area contributed by atoms with Gasteiger partial charge < -0.3 is 18.9 Å². The van der Waals surface area contributed by atoms with Crippen molar-refractivity contribution in [3.05, 3.63) is 119 Å². The lowest BCUT2D eigenvalue weighted by Gasteiger charge is -2.21. The Labute approximate surface area is 236 Å². The first-order chi connectivity index (χ1) is 19.3. The van der Waals surface area contributed by atoms with Gasteiger partial charge >= 0.3 is 0 Å². The highest BCUT2D eigenvalue weighted by molar-refractivity contribution is 7.17. The van der Waals surface area contributed by atoms with E-state index in [1.807, 2.05) is 96.4 Å². The molecule has 1 fully saturated rings. The number of halogens is 1. The smallest absolute Gasteiger partial charge is 0.240 e. The van der Waals surface area contributed by atoms with Crippen LogP contribution in [0.3, 0.4) is 0 Å². The van der Waals surface area contributed by atoms with Crippen LogP contribution in [0.1, 0.15) is 22.8 Å². The minimum absolute atomic E-state index is 0.346. The summed E-state index contributed by atoms with van der Waals surface area (Å²) in [6.07, 6.45) is 0.371. The number of para-hydroxylation sites is 1. The molecule has 1 unspecified atom stereocenters. The highest BCUT2D eigenvalue weighted by atomic mass is 35.5. The number of hydrogen-bond donors (Lipinski definition) is 0. The SMILES string of the molecule is Cl[C@H]1C(c2csc3c(Oc4ccccc4)ncnc23)O[C@H](COCc2ccccc2)[C@H]1OCc1ccccc1. The molecule has 3 aromatic carbocycles. The van der Waals surface area contributed by atoms with Gasteiger partial charge in [-0.2, -0.15) is 0 Å². The van der Waals surface area contributed by atoms with Crippen molar-refractivity contribution in [2.24, 2.45) is 0 Å². The molecular formula is C31H27ClN2O4S. The number of hydrogen-bond acceptors (Lipinski definition) is 7. The Hall–Kier alpha value is -3.33. The van der Waals surface area contributed by atoms with E-state index < -0.39 is 11.5 Å². The summed E-state index contributed by atoms with van der Waals surface area (Å²) >= 11 is 8.60. The number of ether oxygens (including phenoxy) is 4. The second kappa shape index (κ2) is 12.2.